The lowest BCUT2D eigenvalue weighted by atomic mass is 9.62. The minimum Gasteiger partial charge on any atom is -0.447 e. The molecule has 150 valence electrons. The van der Waals surface area contributed by atoms with E-state index in [1.54, 1.807) is 0 Å². The van der Waals surface area contributed by atoms with Crippen molar-refractivity contribution in [1.29, 1.82) is 0 Å². The van der Waals surface area contributed by atoms with Gasteiger partial charge in [0.25, 0.3) is 0 Å². The first-order valence-electron chi connectivity index (χ1n) is 10.1. The van der Waals surface area contributed by atoms with Crippen LogP contribution in [0.15, 0.2) is 84.9 Å². The predicted octanol–water partition coefficient (Wildman–Crippen LogP) is 4.50. The highest BCUT2D eigenvalue weighted by molar-refractivity contribution is 5.92. The molecule has 4 nitrogen and oxygen atoms in total. The molecule has 0 amide bonds. The molecule has 0 unspecified atom stereocenters. The average molecular weight is 398 g/mol. The maximum atomic E-state index is 13.3. The van der Waals surface area contributed by atoms with E-state index in [0.717, 1.165) is 22.3 Å². The highest BCUT2D eigenvalue weighted by atomic mass is 16.6. The summed E-state index contributed by atoms with van der Waals surface area (Å²) in [5.41, 5.74) is 0.0128. The van der Waals surface area contributed by atoms with E-state index in [1.165, 1.54) is 13.8 Å². The van der Waals surface area contributed by atoms with Crippen molar-refractivity contribution in [3.8, 4) is 0 Å². The lowest BCUT2D eigenvalue weighted by Gasteiger charge is -2.43. The van der Waals surface area contributed by atoms with Crippen molar-refractivity contribution in [1.82, 2.24) is 0 Å². The smallest absolute Gasteiger partial charge is 0.303 e. The summed E-state index contributed by atoms with van der Waals surface area (Å²) < 4.78 is 12.9. The molecule has 30 heavy (non-hydrogen) atoms. The molecule has 0 aliphatic carbocycles. The maximum absolute atomic E-state index is 13.3. The van der Waals surface area contributed by atoms with Crippen molar-refractivity contribution in [3.05, 3.63) is 107 Å². The number of esters is 1. The second-order valence-corrected chi connectivity index (χ2v) is 8.04. The van der Waals surface area contributed by atoms with Crippen LogP contribution >= 0.6 is 0 Å². The number of hydrogen-bond donors (Lipinski definition) is 0. The Morgan fingerprint density at radius 2 is 1.30 bits per heavy atom. The van der Waals surface area contributed by atoms with Gasteiger partial charge in [-0.15, -0.1) is 0 Å². The second-order valence-electron chi connectivity index (χ2n) is 8.04. The van der Waals surface area contributed by atoms with Crippen LogP contribution in [0.3, 0.4) is 0 Å². The van der Waals surface area contributed by atoms with Gasteiger partial charge in [-0.25, -0.2) is 0 Å². The predicted molar refractivity (Wildman–Crippen MR) is 112 cm³/mol. The summed E-state index contributed by atoms with van der Waals surface area (Å²) in [5, 5.41) is 0. The van der Waals surface area contributed by atoms with E-state index >= 15 is 0 Å². The Morgan fingerprint density at radius 1 is 0.767 bits per heavy atom. The number of fused-ring (bicyclic) bond motifs is 5. The summed E-state index contributed by atoms with van der Waals surface area (Å²) in [7, 11) is 0. The van der Waals surface area contributed by atoms with Gasteiger partial charge in [-0.2, -0.15) is 0 Å². The molecule has 3 aromatic rings. The van der Waals surface area contributed by atoms with Crippen LogP contribution in [-0.2, 0) is 30.3 Å². The summed E-state index contributed by atoms with van der Waals surface area (Å²) >= 11 is 0. The van der Waals surface area contributed by atoms with Gasteiger partial charge in [-0.3, -0.25) is 9.59 Å². The van der Waals surface area contributed by atoms with Crippen molar-refractivity contribution in [2.45, 2.75) is 37.1 Å². The van der Waals surface area contributed by atoms with Gasteiger partial charge in [-0.1, -0.05) is 84.9 Å². The molecule has 2 heterocycles. The van der Waals surface area contributed by atoms with E-state index in [-0.39, 0.29) is 12.2 Å². The fourth-order valence-corrected chi connectivity index (χ4v) is 5.36. The fourth-order valence-electron chi connectivity index (χ4n) is 5.36. The molecule has 4 heteroatoms. The van der Waals surface area contributed by atoms with Crippen LogP contribution < -0.4 is 0 Å². The number of ketones is 1. The molecule has 0 spiro atoms. The van der Waals surface area contributed by atoms with E-state index in [0.29, 0.717) is 0 Å². The third kappa shape index (κ3) is 2.20. The quantitative estimate of drug-likeness (QED) is 0.608. The minimum atomic E-state index is -1.47. The molecule has 0 aromatic heterocycles. The number of ether oxygens (including phenoxy) is 2. The lowest BCUT2D eigenvalue weighted by molar-refractivity contribution is -0.181. The van der Waals surface area contributed by atoms with Crippen molar-refractivity contribution < 1.29 is 19.1 Å². The molecule has 2 bridgehead atoms. The monoisotopic (exact) mass is 398 g/mol. The first-order valence-corrected chi connectivity index (χ1v) is 10.1. The van der Waals surface area contributed by atoms with Gasteiger partial charge >= 0.3 is 5.97 Å². The third-order valence-corrected chi connectivity index (χ3v) is 6.44. The number of carbonyl (C=O) groups excluding carboxylic acids is 2. The van der Waals surface area contributed by atoms with Crippen molar-refractivity contribution in [2.24, 2.45) is 0 Å². The molecular formula is C26H22O4. The van der Waals surface area contributed by atoms with Crippen LogP contribution in [-0.4, -0.2) is 17.4 Å². The van der Waals surface area contributed by atoms with Gasteiger partial charge in [-0.05, 0) is 29.2 Å². The first kappa shape index (κ1) is 18.8. The van der Waals surface area contributed by atoms with Crippen LogP contribution in [0, 0.1) is 0 Å². The number of Topliss-reactive ketones (excluding diaryl/α,β-unsaturated/α-hetero) is 1. The zero-order valence-corrected chi connectivity index (χ0v) is 16.9. The Labute approximate surface area is 175 Å². The molecule has 3 aromatic carbocycles. The first-order chi connectivity index (χ1) is 14.5. The Balaban J connectivity index is 1.90. The van der Waals surface area contributed by atoms with Gasteiger partial charge in [0.15, 0.2) is 11.4 Å². The van der Waals surface area contributed by atoms with Crippen molar-refractivity contribution in [2.75, 3.05) is 0 Å². The molecule has 2 aliphatic heterocycles. The van der Waals surface area contributed by atoms with Crippen LogP contribution in [0.5, 0.6) is 0 Å². The maximum Gasteiger partial charge on any atom is 0.303 e. The SMILES string of the molecule is CC(=O)O[C@@]1(C(C)=O)C[C@@]2(c3ccccc3)O[C@@]1(c1ccccc1)c1ccccc12. The van der Waals surface area contributed by atoms with E-state index in [9.17, 15) is 9.59 Å². The molecule has 5 rings (SSSR count). The van der Waals surface area contributed by atoms with Gasteiger partial charge in [0.2, 0.25) is 5.60 Å². The largest absolute Gasteiger partial charge is 0.447 e. The molecule has 1 fully saturated rings. The van der Waals surface area contributed by atoms with Crippen molar-refractivity contribution >= 4 is 11.8 Å². The van der Waals surface area contributed by atoms with Crippen LogP contribution in [0.25, 0.3) is 0 Å². The van der Waals surface area contributed by atoms with E-state index in [2.05, 4.69) is 0 Å². The standard InChI is InChI=1S/C26H22O4/c1-18(27)25(29-19(2)28)17-24(20-11-5-3-6-12-20)22-15-9-10-16-23(22)26(25,30-24)21-13-7-4-8-14-21/h3-16H,17H2,1-2H3/t24-,25+,26-/m0/s1. The molecule has 3 atom stereocenters. The minimum absolute atomic E-state index is 0.227. The summed E-state index contributed by atoms with van der Waals surface area (Å²) in [6.45, 7) is 2.83. The molecule has 0 N–H and O–H groups in total. The fraction of sp³-hybridized carbons (Fsp3) is 0.231. The van der Waals surface area contributed by atoms with E-state index in [1.807, 2.05) is 84.9 Å². The Kier molecular flexibility index (Phi) is 3.99. The molecule has 0 saturated carbocycles. The van der Waals surface area contributed by atoms with Gasteiger partial charge in [0, 0.05) is 13.3 Å². The number of benzene rings is 3. The molecule has 1 saturated heterocycles. The van der Waals surface area contributed by atoms with Crippen LogP contribution in [0.2, 0.25) is 0 Å². The highest BCUT2D eigenvalue weighted by Gasteiger charge is 2.76. The highest BCUT2D eigenvalue weighted by Crippen LogP contribution is 2.68. The lowest BCUT2D eigenvalue weighted by Crippen LogP contribution is -2.57. The number of carbonyl (C=O) groups is 2. The Morgan fingerprint density at radius 3 is 1.87 bits per heavy atom. The van der Waals surface area contributed by atoms with Crippen molar-refractivity contribution in [3.63, 3.8) is 0 Å². The normalized spacial score (nSPS) is 28.7. The number of hydrogen-bond acceptors (Lipinski definition) is 4. The topological polar surface area (TPSA) is 52.6 Å². The zero-order chi connectivity index (χ0) is 21.0. The zero-order valence-electron chi connectivity index (χ0n) is 16.9. The van der Waals surface area contributed by atoms with Gasteiger partial charge in [0.1, 0.15) is 5.60 Å². The summed E-state index contributed by atoms with van der Waals surface area (Å²) in [6.07, 6.45) is 0.227. The van der Waals surface area contributed by atoms with Crippen LogP contribution in [0.1, 0.15) is 42.5 Å². The summed E-state index contributed by atoms with van der Waals surface area (Å²) in [4.78, 5) is 25.6. The molecular weight excluding hydrogens is 376 g/mol. The Bertz CT molecular complexity index is 1140. The second kappa shape index (κ2) is 6.38. The summed E-state index contributed by atoms with van der Waals surface area (Å²) in [5.74, 6) is -0.730. The summed E-state index contributed by atoms with van der Waals surface area (Å²) in [6, 6.07) is 27.4. The van der Waals surface area contributed by atoms with E-state index in [4.69, 9.17) is 9.47 Å². The van der Waals surface area contributed by atoms with Crippen LogP contribution in [0.4, 0.5) is 0 Å². The van der Waals surface area contributed by atoms with E-state index < -0.39 is 22.8 Å². The molecule has 0 radical (unpaired) electrons. The third-order valence-electron chi connectivity index (χ3n) is 6.44. The van der Waals surface area contributed by atoms with Gasteiger partial charge in [0.05, 0.1) is 0 Å². The molecule has 2 aliphatic rings. The van der Waals surface area contributed by atoms with Gasteiger partial charge < -0.3 is 9.47 Å². The average Bonchev–Trinajstić information content (AvgIpc) is 3.24. The number of rotatable bonds is 4. The Hall–Kier alpha value is -3.24.